The number of nitrogens with zero attached hydrogens (tertiary/aromatic N) is 2. The highest BCUT2D eigenvalue weighted by atomic mass is 19.3. The van der Waals surface area contributed by atoms with Crippen molar-refractivity contribution < 1.29 is 13.2 Å². The molecule has 14 heavy (non-hydrogen) atoms. The van der Waals surface area contributed by atoms with Crippen LogP contribution < -0.4 is 0 Å². The standard InChI is InChI=1S/C6H9FN2.C2H6.CH2F2/c1-6-2-4-8-9(6)5-3-7;1-2;2-1-3/h2,4H,3,5H2,1H3;1-2H3;1H2. The van der Waals surface area contributed by atoms with Crippen molar-refractivity contribution >= 4 is 0 Å². The number of aryl methyl sites for hydroxylation is 2. The summed E-state index contributed by atoms with van der Waals surface area (Å²) in [5.41, 5.74) is 1.01. The van der Waals surface area contributed by atoms with Gasteiger partial charge >= 0.3 is 0 Å². The lowest BCUT2D eigenvalue weighted by Crippen LogP contribution is -2.02. The van der Waals surface area contributed by atoms with Gasteiger partial charge in [0.25, 0.3) is 0 Å². The Bertz CT molecular complexity index is 202. The molecule has 1 aromatic rings. The summed E-state index contributed by atoms with van der Waals surface area (Å²) >= 11 is 0. The van der Waals surface area contributed by atoms with Crippen LogP contribution in [0.15, 0.2) is 12.3 Å². The highest BCUT2D eigenvalue weighted by molar-refractivity contribution is 4.96. The fraction of sp³-hybridized carbons (Fsp3) is 0.667. The van der Waals surface area contributed by atoms with E-state index in [4.69, 9.17) is 0 Å². The molecule has 0 aliphatic heterocycles. The van der Waals surface area contributed by atoms with Crippen LogP contribution in [0.4, 0.5) is 13.2 Å². The Morgan fingerprint density at radius 1 is 1.29 bits per heavy atom. The van der Waals surface area contributed by atoms with E-state index in [0.29, 0.717) is 6.54 Å². The van der Waals surface area contributed by atoms with Crippen LogP contribution in [0, 0.1) is 6.92 Å². The molecule has 0 aliphatic rings. The zero-order chi connectivity index (χ0) is 11.4. The Morgan fingerprint density at radius 3 is 2.07 bits per heavy atom. The van der Waals surface area contributed by atoms with Gasteiger partial charge in [0, 0.05) is 11.9 Å². The minimum Gasteiger partial charge on any atom is -0.267 e. The fourth-order valence-electron chi connectivity index (χ4n) is 0.713. The van der Waals surface area contributed by atoms with Gasteiger partial charge in [0.1, 0.15) is 6.67 Å². The molecule has 0 amide bonds. The third-order valence-corrected chi connectivity index (χ3v) is 1.23. The second-order valence-electron chi connectivity index (χ2n) is 1.99. The highest BCUT2D eigenvalue weighted by Crippen LogP contribution is 1.94. The van der Waals surface area contributed by atoms with Crippen LogP contribution in [0.3, 0.4) is 0 Å². The van der Waals surface area contributed by atoms with E-state index in [1.165, 1.54) is 0 Å². The van der Waals surface area contributed by atoms with Gasteiger partial charge in [-0.2, -0.15) is 5.10 Å². The summed E-state index contributed by atoms with van der Waals surface area (Å²) in [5.74, 6) is 0. The molecule has 0 radical (unpaired) electrons. The molecule has 0 saturated carbocycles. The summed E-state index contributed by atoms with van der Waals surface area (Å²) in [5, 5.41) is 3.88. The van der Waals surface area contributed by atoms with Gasteiger partial charge in [-0.1, -0.05) is 13.8 Å². The highest BCUT2D eigenvalue weighted by Gasteiger charge is 1.92. The van der Waals surface area contributed by atoms with E-state index in [0.717, 1.165) is 5.69 Å². The zero-order valence-electron chi connectivity index (χ0n) is 8.80. The first kappa shape index (κ1) is 15.5. The van der Waals surface area contributed by atoms with E-state index in [1.807, 2.05) is 26.8 Å². The van der Waals surface area contributed by atoms with Gasteiger partial charge in [-0.05, 0) is 13.0 Å². The molecule has 1 heterocycles. The second-order valence-corrected chi connectivity index (χ2v) is 1.99. The minimum absolute atomic E-state index is 0.345. The van der Waals surface area contributed by atoms with Gasteiger partial charge < -0.3 is 0 Å². The molecule has 5 heteroatoms. The molecule has 0 spiro atoms. The molecule has 1 aromatic heterocycles. The molecular weight excluding hydrogens is 193 g/mol. The van der Waals surface area contributed by atoms with Crippen LogP contribution in [0.5, 0.6) is 0 Å². The topological polar surface area (TPSA) is 17.8 Å². The van der Waals surface area contributed by atoms with Crippen molar-refractivity contribution in [1.82, 2.24) is 9.78 Å². The lowest BCUT2D eigenvalue weighted by molar-refractivity contribution is 0.295. The van der Waals surface area contributed by atoms with Crippen molar-refractivity contribution in [2.75, 3.05) is 13.6 Å². The first-order chi connectivity index (χ1) is 6.76. The Kier molecular flexibility index (Phi) is 13.3. The summed E-state index contributed by atoms with van der Waals surface area (Å²) in [4.78, 5) is 0. The first-order valence-electron chi connectivity index (χ1n) is 4.42. The molecule has 0 saturated heterocycles. The van der Waals surface area contributed by atoms with Gasteiger partial charge in [-0.15, -0.1) is 0 Å². The van der Waals surface area contributed by atoms with Crippen LogP contribution in [-0.4, -0.2) is 23.4 Å². The smallest absolute Gasteiger partial charge is 0.229 e. The van der Waals surface area contributed by atoms with Crippen molar-refractivity contribution in [2.45, 2.75) is 27.3 Å². The van der Waals surface area contributed by atoms with Crippen LogP contribution >= 0.6 is 0 Å². The maximum Gasteiger partial charge on any atom is 0.229 e. The molecule has 0 aromatic carbocycles. The average molecular weight is 210 g/mol. The van der Waals surface area contributed by atoms with E-state index >= 15 is 0 Å². The largest absolute Gasteiger partial charge is 0.267 e. The van der Waals surface area contributed by atoms with E-state index < -0.39 is 6.93 Å². The zero-order valence-corrected chi connectivity index (χ0v) is 8.80. The minimum atomic E-state index is -1.75. The van der Waals surface area contributed by atoms with Crippen molar-refractivity contribution in [2.24, 2.45) is 0 Å². The Labute approximate surface area is 82.7 Å². The normalized spacial score (nSPS) is 8.14. The first-order valence-corrected chi connectivity index (χ1v) is 4.42. The van der Waals surface area contributed by atoms with Gasteiger partial charge in [0.2, 0.25) is 6.93 Å². The Balaban J connectivity index is 0. The third-order valence-electron chi connectivity index (χ3n) is 1.23. The number of hydrogen-bond donors (Lipinski definition) is 0. The van der Waals surface area contributed by atoms with Crippen LogP contribution in [0.2, 0.25) is 0 Å². The van der Waals surface area contributed by atoms with Crippen molar-refractivity contribution in [3.8, 4) is 0 Å². The monoisotopic (exact) mass is 210 g/mol. The third kappa shape index (κ3) is 7.64. The van der Waals surface area contributed by atoms with Crippen molar-refractivity contribution in [3.05, 3.63) is 18.0 Å². The molecule has 0 bridgehead atoms. The van der Waals surface area contributed by atoms with Gasteiger partial charge in [-0.3, -0.25) is 4.68 Å². The summed E-state index contributed by atoms with van der Waals surface area (Å²) in [6.45, 7) is 4.18. The summed E-state index contributed by atoms with van der Waals surface area (Å²) in [6.07, 6.45) is 1.67. The summed E-state index contributed by atoms with van der Waals surface area (Å²) in [7, 11) is 0. The molecule has 0 N–H and O–H groups in total. The number of aromatic nitrogens is 2. The van der Waals surface area contributed by atoms with Gasteiger partial charge in [0.15, 0.2) is 0 Å². The lowest BCUT2D eigenvalue weighted by Gasteiger charge is -1.97. The summed E-state index contributed by atoms with van der Waals surface area (Å²) < 4.78 is 32.6. The van der Waals surface area contributed by atoms with Crippen LogP contribution in [0.1, 0.15) is 19.5 Å². The summed E-state index contributed by atoms with van der Waals surface area (Å²) in [6, 6.07) is 1.86. The molecule has 0 fully saturated rings. The molecular formula is C9H17F3N2. The van der Waals surface area contributed by atoms with Crippen molar-refractivity contribution in [3.63, 3.8) is 0 Å². The predicted molar refractivity (Wildman–Crippen MR) is 51.4 cm³/mol. The van der Waals surface area contributed by atoms with E-state index in [9.17, 15) is 13.2 Å². The maximum atomic E-state index is 11.7. The van der Waals surface area contributed by atoms with E-state index in [-0.39, 0.29) is 6.67 Å². The van der Waals surface area contributed by atoms with Crippen molar-refractivity contribution in [1.29, 1.82) is 0 Å². The van der Waals surface area contributed by atoms with E-state index in [2.05, 4.69) is 5.10 Å². The fourth-order valence-corrected chi connectivity index (χ4v) is 0.713. The number of hydrogen-bond acceptors (Lipinski definition) is 1. The molecule has 0 unspecified atom stereocenters. The molecule has 1 rings (SSSR count). The maximum absolute atomic E-state index is 11.7. The van der Waals surface area contributed by atoms with Crippen LogP contribution in [0.25, 0.3) is 0 Å². The average Bonchev–Trinajstić information content (AvgIpc) is 2.58. The molecule has 2 nitrogen and oxygen atoms in total. The molecule has 84 valence electrons. The van der Waals surface area contributed by atoms with Gasteiger partial charge in [-0.25, -0.2) is 13.2 Å². The SMILES string of the molecule is CC.Cc1ccnn1CCF.FCF. The number of alkyl halides is 3. The quantitative estimate of drug-likeness (QED) is 0.733. The Morgan fingerprint density at radius 2 is 1.79 bits per heavy atom. The number of halogens is 3. The van der Waals surface area contributed by atoms with Crippen LogP contribution in [-0.2, 0) is 6.54 Å². The lowest BCUT2D eigenvalue weighted by atomic mass is 10.5. The second kappa shape index (κ2) is 12.0. The van der Waals surface area contributed by atoms with E-state index in [1.54, 1.807) is 10.9 Å². The Hall–Kier alpha value is -1.00. The number of rotatable bonds is 2. The van der Waals surface area contributed by atoms with Gasteiger partial charge in [0.05, 0.1) is 6.54 Å². The predicted octanol–water partition coefficient (Wildman–Crippen LogP) is 3.07. The molecule has 0 aliphatic carbocycles. The molecule has 0 atom stereocenters.